The molecule has 2 aromatic rings. The molecule has 1 aromatic carbocycles. The first-order valence-corrected chi connectivity index (χ1v) is 7.07. The van der Waals surface area contributed by atoms with Crippen molar-refractivity contribution in [2.75, 3.05) is 0 Å². The minimum absolute atomic E-state index is 0.0280. The molecule has 1 nitrogen and oxygen atoms in total. The molecule has 0 aliphatic carbocycles. The maximum atomic E-state index is 12.7. The van der Waals surface area contributed by atoms with Crippen LogP contribution in [0.15, 0.2) is 18.5 Å². The first-order chi connectivity index (χ1) is 9.64. The van der Waals surface area contributed by atoms with Crippen LogP contribution in [0, 0.1) is 0 Å². The summed E-state index contributed by atoms with van der Waals surface area (Å²) in [7, 11) is 0. The van der Waals surface area contributed by atoms with Crippen molar-refractivity contribution in [3.8, 4) is 11.1 Å². The Balaban J connectivity index is 2.74. The summed E-state index contributed by atoms with van der Waals surface area (Å²) in [5.74, 6) is 0. The number of hydrogen-bond donors (Lipinski definition) is 0. The molecule has 0 radical (unpaired) electrons. The van der Waals surface area contributed by atoms with E-state index in [9.17, 15) is 13.2 Å². The fourth-order valence-electron chi connectivity index (χ4n) is 1.59. The van der Waals surface area contributed by atoms with E-state index in [1.807, 2.05) is 0 Å². The van der Waals surface area contributed by atoms with E-state index in [1.165, 1.54) is 6.20 Å². The highest BCUT2D eigenvalue weighted by Gasteiger charge is 2.32. The third kappa shape index (κ3) is 3.20. The summed E-state index contributed by atoms with van der Waals surface area (Å²) in [6.45, 7) is 0. The summed E-state index contributed by atoms with van der Waals surface area (Å²) in [6.07, 6.45) is -2.70. The van der Waals surface area contributed by atoms with E-state index in [1.54, 1.807) is 0 Å². The third-order valence-electron chi connectivity index (χ3n) is 2.56. The van der Waals surface area contributed by atoms with Gasteiger partial charge in [-0.15, -0.1) is 0 Å². The van der Waals surface area contributed by atoms with Gasteiger partial charge >= 0.3 is 6.18 Å². The zero-order valence-corrected chi connectivity index (χ0v) is 13.5. The molecule has 0 aliphatic heterocycles. The van der Waals surface area contributed by atoms with Crippen molar-refractivity contribution in [2.45, 2.75) is 6.18 Å². The lowest BCUT2D eigenvalue weighted by molar-refractivity contribution is -0.137. The van der Waals surface area contributed by atoms with Gasteiger partial charge in [0.25, 0.3) is 0 Å². The lowest BCUT2D eigenvalue weighted by Crippen LogP contribution is -2.05. The van der Waals surface area contributed by atoms with Crippen LogP contribution in [0.1, 0.15) is 5.56 Å². The zero-order valence-electron chi connectivity index (χ0n) is 9.70. The molecule has 0 fully saturated rings. The Kier molecular flexibility index (Phi) is 4.86. The lowest BCUT2D eigenvalue weighted by atomic mass is 10.1. The predicted octanol–water partition coefficient (Wildman–Crippen LogP) is 7.03. The van der Waals surface area contributed by atoms with Crippen molar-refractivity contribution in [3.63, 3.8) is 0 Å². The number of rotatable bonds is 1. The van der Waals surface area contributed by atoms with Crippen LogP contribution in [0.4, 0.5) is 13.2 Å². The van der Waals surface area contributed by atoms with Crippen LogP contribution in [0.2, 0.25) is 25.1 Å². The van der Waals surface area contributed by atoms with Gasteiger partial charge in [-0.1, -0.05) is 58.0 Å². The molecule has 0 unspecified atom stereocenters. The quantitative estimate of drug-likeness (QED) is 0.373. The summed E-state index contributed by atoms with van der Waals surface area (Å²) in [4.78, 5) is 3.54. The molecule has 0 bridgehead atoms. The molecule has 0 amide bonds. The Bertz CT molecular complexity index is 686. The molecule has 1 heterocycles. The van der Waals surface area contributed by atoms with Crippen molar-refractivity contribution in [1.82, 2.24) is 4.98 Å². The number of aromatic nitrogens is 1. The molecule has 2 rings (SSSR count). The number of nitrogens with zero attached hydrogens (tertiary/aromatic N) is 1. The van der Waals surface area contributed by atoms with E-state index >= 15 is 0 Å². The van der Waals surface area contributed by atoms with Crippen molar-refractivity contribution < 1.29 is 13.2 Å². The summed E-state index contributed by atoms with van der Waals surface area (Å²) < 4.78 is 38.2. The fourth-order valence-corrected chi connectivity index (χ4v) is 2.95. The average molecular weight is 395 g/mol. The fraction of sp³-hybridized carbons (Fsp3) is 0.0833. The summed E-state index contributed by atoms with van der Waals surface area (Å²) >= 11 is 29.6. The van der Waals surface area contributed by atoms with Gasteiger partial charge in [-0.25, -0.2) is 0 Å². The summed E-state index contributed by atoms with van der Waals surface area (Å²) in [6, 6.07) is 0.848. The maximum Gasteiger partial charge on any atom is 0.417 e. The standard InChI is InChI=1S/C12H3Cl5F3N/c13-7-6(8(14)10(16)11(17)9(7)15)4-1-5(3-21-2-4)12(18,19)20/h1-3H. The van der Waals surface area contributed by atoms with Crippen LogP contribution < -0.4 is 0 Å². The van der Waals surface area contributed by atoms with Crippen LogP contribution >= 0.6 is 58.0 Å². The van der Waals surface area contributed by atoms with Crippen molar-refractivity contribution >= 4 is 58.0 Å². The maximum absolute atomic E-state index is 12.7. The molecular weight excluding hydrogens is 392 g/mol. The van der Waals surface area contributed by atoms with Gasteiger partial charge in [-0.2, -0.15) is 13.2 Å². The average Bonchev–Trinajstić information content (AvgIpc) is 2.43. The SMILES string of the molecule is FC(F)(F)c1cncc(-c2c(Cl)c(Cl)c(Cl)c(Cl)c2Cl)c1. The predicted molar refractivity (Wildman–Crippen MR) is 79.7 cm³/mol. The van der Waals surface area contributed by atoms with E-state index in [0.29, 0.717) is 6.20 Å². The van der Waals surface area contributed by atoms with E-state index in [2.05, 4.69) is 4.98 Å². The van der Waals surface area contributed by atoms with Gasteiger partial charge in [0, 0.05) is 23.5 Å². The molecule has 9 heteroatoms. The van der Waals surface area contributed by atoms with Crippen molar-refractivity contribution in [3.05, 3.63) is 49.1 Å². The van der Waals surface area contributed by atoms with Gasteiger partial charge in [0.2, 0.25) is 0 Å². The number of alkyl halides is 3. The largest absolute Gasteiger partial charge is 0.417 e. The minimum atomic E-state index is -4.55. The van der Waals surface area contributed by atoms with Crippen LogP contribution in [0.5, 0.6) is 0 Å². The van der Waals surface area contributed by atoms with Crippen molar-refractivity contribution in [2.24, 2.45) is 0 Å². The van der Waals surface area contributed by atoms with Crippen LogP contribution in [-0.4, -0.2) is 4.98 Å². The molecule has 0 saturated carbocycles. The molecule has 0 aliphatic rings. The second-order valence-corrected chi connectivity index (χ2v) is 5.79. The number of hydrogen-bond acceptors (Lipinski definition) is 1. The topological polar surface area (TPSA) is 12.9 Å². The van der Waals surface area contributed by atoms with Crippen molar-refractivity contribution in [1.29, 1.82) is 0 Å². The Labute approximate surface area is 142 Å². The molecule has 0 atom stereocenters. The molecule has 1 aromatic heterocycles. The minimum Gasteiger partial charge on any atom is -0.263 e. The highest BCUT2D eigenvalue weighted by atomic mass is 35.5. The van der Waals surface area contributed by atoms with Crippen LogP contribution in [0.3, 0.4) is 0 Å². The van der Waals surface area contributed by atoms with Gasteiger partial charge < -0.3 is 0 Å². The van der Waals surface area contributed by atoms with Gasteiger partial charge in [0.05, 0.1) is 30.7 Å². The molecule has 0 spiro atoms. The van der Waals surface area contributed by atoms with E-state index < -0.39 is 11.7 Å². The first kappa shape index (κ1) is 17.0. The molecule has 0 N–H and O–H groups in total. The number of benzene rings is 1. The lowest BCUT2D eigenvalue weighted by Gasteiger charge is -2.14. The summed E-state index contributed by atoms with van der Waals surface area (Å²) in [5.41, 5.74) is -0.883. The Morgan fingerprint density at radius 2 is 1.24 bits per heavy atom. The third-order valence-corrected chi connectivity index (χ3v) is 4.84. The highest BCUT2D eigenvalue weighted by molar-refractivity contribution is 6.56. The second kappa shape index (κ2) is 6.01. The number of pyridine rings is 1. The van der Waals surface area contributed by atoms with Gasteiger partial charge in [-0.3, -0.25) is 4.98 Å². The smallest absolute Gasteiger partial charge is 0.263 e. The van der Waals surface area contributed by atoms with Gasteiger partial charge in [-0.05, 0) is 6.07 Å². The molecule has 112 valence electrons. The monoisotopic (exact) mass is 393 g/mol. The van der Waals surface area contributed by atoms with E-state index in [0.717, 1.165) is 6.07 Å². The zero-order chi connectivity index (χ0) is 15.9. The summed E-state index contributed by atoms with van der Waals surface area (Å²) in [5, 5.41) is -0.466. The van der Waals surface area contributed by atoms with E-state index in [4.69, 9.17) is 58.0 Å². The first-order valence-electron chi connectivity index (χ1n) is 5.18. The molecule has 0 saturated heterocycles. The molecule has 21 heavy (non-hydrogen) atoms. The van der Waals surface area contributed by atoms with E-state index in [-0.39, 0.29) is 36.2 Å². The Morgan fingerprint density at radius 1 is 0.762 bits per heavy atom. The van der Waals surface area contributed by atoms with Crippen LogP contribution in [0.25, 0.3) is 11.1 Å². The Hall–Kier alpha value is -0.390. The Morgan fingerprint density at radius 3 is 1.71 bits per heavy atom. The second-order valence-electron chi connectivity index (χ2n) is 3.90. The van der Waals surface area contributed by atoms with Gasteiger partial charge in [0.15, 0.2) is 0 Å². The molecular formula is C12H3Cl5F3N. The van der Waals surface area contributed by atoms with Crippen LogP contribution in [-0.2, 0) is 6.18 Å². The normalized spacial score (nSPS) is 11.8. The van der Waals surface area contributed by atoms with Gasteiger partial charge in [0.1, 0.15) is 0 Å². The highest BCUT2D eigenvalue weighted by Crippen LogP contribution is 2.48. The number of halogens is 8.